The lowest BCUT2D eigenvalue weighted by atomic mass is 9.66. The van der Waals surface area contributed by atoms with Crippen LogP contribution in [0.1, 0.15) is 87.0 Å². The second-order valence-electron chi connectivity index (χ2n) is 9.88. The van der Waals surface area contributed by atoms with Crippen molar-refractivity contribution in [2.75, 3.05) is 0 Å². The number of allylic oxidation sites excluding steroid dienone is 7. The van der Waals surface area contributed by atoms with E-state index in [4.69, 9.17) is 0 Å². The molecule has 0 aliphatic carbocycles. The highest BCUT2D eigenvalue weighted by molar-refractivity contribution is 5.87. The fourth-order valence-electron chi connectivity index (χ4n) is 4.17. The molecule has 0 N–H and O–H groups in total. The molecule has 0 spiro atoms. The van der Waals surface area contributed by atoms with Crippen molar-refractivity contribution < 1.29 is 4.79 Å². The van der Waals surface area contributed by atoms with Crippen molar-refractivity contribution >= 4 is 5.78 Å². The Kier molecular flexibility index (Phi) is 10.8. The van der Waals surface area contributed by atoms with E-state index in [-0.39, 0.29) is 11.2 Å². The monoisotopic (exact) mass is 358 g/mol. The zero-order valence-corrected chi connectivity index (χ0v) is 18.4. The summed E-state index contributed by atoms with van der Waals surface area (Å²) < 4.78 is 0. The minimum atomic E-state index is 0.132. The highest BCUT2D eigenvalue weighted by Gasteiger charge is 2.32. The van der Waals surface area contributed by atoms with Crippen LogP contribution >= 0.6 is 0 Å². The first-order chi connectivity index (χ1) is 11.9. The van der Waals surface area contributed by atoms with Gasteiger partial charge in [-0.15, -0.1) is 0 Å². The normalized spacial score (nSPS) is 14.0. The van der Waals surface area contributed by atoms with E-state index in [1.54, 1.807) is 13.0 Å². The summed E-state index contributed by atoms with van der Waals surface area (Å²) in [6, 6.07) is 0. The van der Waals surface area contributed by atoms with Gasteiger partial charge in [-0.2, -0.15) is 0 Å². The Morgan fingerprint density at radius 3 is 2.08 bits per heavy atom. The molecular weight excluding hydrogens is 316 g/mol. The molecule has 0 saturated heterocycles. The summed E-state index contributed by atoms with van der Waals surface area (Å²) >= 11 is 0. The van der Waals surface area contributed by atoms with Crippen LogP contribution in [0.4, 0.5) is 0 Å². The Bertz CT molecular complexity index is 512. The lowest BCUT2D eigenvalue weighted by molar-refractivity contribution is -0.112. The van der Waals surface area contributed by atoms with E-state index in [0.717, 1.165) is 25.7 Å². The molecular formula is C25H42O. The summed E-state index contributed by atoms with van der Waals surface area (Å²) in [5.74, 6) is 0.132. The number of carbonyl (C=O) groups is 1. The average Bonchev–Trinajstić information content (AvgIpc) is 2.45. The highest BCUT2D eigenvalue weighted by atomic mass is 16.1. The number of unbranched alkanes of at least 4 members (excludes halogenated alkanes) is 2. The molecule has 1 heteroatoms. The Morgan fingerprint density at radius 1 is 0.885 bits per heavy atom. The minimum absolute atomic E-state index is 0.132. The van der Waals surface area contributed by atoms with Crippen molar-refractivity contribution in [3.05, 3.63) is 49.1 Å². The van der Waals surface area contributed by atoms with Gasteiger partial charge in [-0.05, 0) is 67.8 Å². The van der Waals surface area contributed by atoms with Gasteiger partial charge in [0.05, 0.1) is 0 Å². The second-order valence-corrected chi connectivity index (χ2v) is 9.88. The van der Waals surface area contributed by atoms with Gasteiger partial charge in [-0.1, -0.05) is 84.6 Å². The Labute approximate surface area is 163 Å². The molecule has 0 aromatic heterocycles. The van der Waals surface area contributed by atoms with Gasteiger partial charge >= 0.3 is 0 Å². The van der Waals surface area contributed by atoms with Gasteiger partial charge in [0.2, 0.25) is 0 Å². The second kappa shape index (κ2) is 11.4. The van der Waals surface area contributed by atoms with E-state index in [0.29, 0.717) is 10.8 Å². The van der Waals surface area contributed by atoms with Crippen LogP contribution in [0, 0.1) is 16.2 Å². The average molecular weight is 359 g/mol. The van der Waals surface area contributed by atoms with Crippen molar-refractivity contribution in [1.82, 2.24) is 0 Å². The molecule has 0 rings (SSSR count). The summed E-state index contributed by atoms with van der Waals surface area (Å²) in [5, 5.41) is 0. The Morgan fingerprint density at radius 2 is 1.50 bits per heavy atom. The van der Waals surface area contributed by atoms with E-state index in [9.17, 15) is 4.79 Å². The third kappa shape index (κ3) is 13.9. The van der Waals surface area contributed by atoms with Crippen LogP contribution in [0.5, 0.6) is 0 Å². The van der Waals surface area contributed by atoms with Crippen LogP contribution in [0.25, 0.3) is 0 Å². The minimum Gasteiger partial charge on any atom is -0.295 e. The van der Waals surface area contributed by atoms with E-state index in [1.165, 1.54) is 12.8 Å². The van der Waals surface area contributed by atoms with Crippen molar-refractivity contribution in [2.24, 2.45) is 16.2 Å². The van der Waals surface area contributed by atoms with Crippen molar-refractivity contribution in [1.29, 1.82) is 0 Å². The largest absolute Gasteiger partial charge is 0.295 e. The van der Waals surface area contributed by atoms with Crippen molar-refractivity contribution in [3.63, 3.8) is 0 Å². The maximum absolute atomic E-state index is 10.8. The molecule has 26 heavy (non-hydrogen) atoms. The first-order valence-corrected chi connectivity index (χ1v) is 10.0. The van der Waals surface area contributed by atoms with Crippen LogP contribution in [0.15, 0.2) is 49.1 Å². The smallest absolute Gasteiger partial charge is 0.152 e. The molecule has 0 bridgehead atoms. The molecule has 148 valence electrons. The van der Waals surface area contributed by atoms with Gasteiger partial charge in [0.1, 0.15) is 0 Å². The maximum Gasteiger partial charge on any atom is 0.152 e. The SMILES string of the molecule is C=C/C=C/C(C)(C)CC(C)(C)CC(C)(C)C/C=C/CCC/C=C/C(C)=O. The van der Waals surface area contributed by atoms with Crippen LogP contribution in [-0.4, -0.2) is 5.78 Å². The summed E-state index contributed by atoms with van der Waals surface area (Å²) in [5.41, 5.74) is 0.785. The first kappa shape index (κ1) is 24.6. The topological polar surface area (TPSA) is 17.1 Å². The standard InChI is InChI=1S/C25H42O/c1-9-10-18-23(3,4)20-25(7,8)21-24(5,6)19-16-14-12-11-13-15-17-22(2)26/h9-10,14-18H,1,11-13,19-21H2,2-8H3/b16-14+,17-15+,18-10+. The van der Waals surface area contributed by atoms with Crippen LogP contribution in [0.2, 0.25) is 0 Å². The fourth-order valence-corrected chi connectivity index (χ4v) is 4.17. The van der Waals surface area contributed by atoms with Gasteiger partial charge in [-0.3, -0.25) is 4.79 Å². The molecule has 0 atom stereocenters. The molecule has 1 nitrogen and oxygen atoms in total. The van der Waals surface area contributed by atoms with Crippen molar-refractivity contribution in [3.8, 4) is 0 Å². The van der Waals surface area contributed by atoms with Crippen LogP contribution in [-0.2, 0) is 4.79 Å². The highest BCUT2D eigenvalue weighted by Crippen LogP contribution is 2.43. The predicted octanol–water partition coefficient (Wildman–Crippen LogP) is 7.85. The van der Waals surface area contributed by atoms with E-state index < -0.39 is 0 Å². The Hall–Kier alpha value is -1.37. The number of hydrogen-bond donors (Lipinski definition) is 0. The quantitative estimate of drug-likeness (QED) is 0.142. The van der Waals surface area contributed by atoms with Gasteiger partial charge in [0, 0.05) is 0 Å². The molecule has 0 saturated carbocycles. The molecule has 0 amide bonds. The maximum atomic E-state index is 10.8. The summed E-state index contributed by atoms with van der Waals surface area (Å²) in [7, 11) is 0. The zero-order chi connectivity index (χ0) is 20.3. The van der Waals surface area contributed by atoms with Crippen molar-refractivity contribution in [2.45, 2.75) is 87.0 Å². The number of hydrogen-bond acceptors (Lipinski definition) is 1. The third-order valence-corrected chi connectivity index (χ3v) is 4.51. The molecule has 0 aliphatic rings. The third-order valence-electron chi connectivity index (χ3n) is 4.51. The summed E-state index contributed by atoms with van der Waals surface area (Å²) in [6.45, 7) is 19.5. The summed E-state index contributed by atoms with van der Waals surface area (Å²) in [6.07, 6.45) is 21.1. The van der Waals surface area contributed by atoms with E-state index in [2.05, 4.69) is 72.4 Å². The van der Waals surface area contributed by atoms with Crippen LogP contribution < -0.4 is 0 Å². The van der Waals surface area contributed by atoms with E-state index >= 15 is 0 Å². The lowest BCUT2D eigenvalue weighted by Crippen LogP contribution is -2.27. The van der Waals surface area contributed by atoms with Gasteiger partial charge < -0.3 is 0 Å². The molecule has 0 heterocycles. The molecule has 0 unspecified atom stereocenters. The fraction of sp³-hybridized carbons (Fsp3) is 0.640. The van der Waals surface area contributed by atoms with E-state index in [1.807, 2.05) is 12.2 Å². The van der Waals surface area contributed by atoms with Gasteiger partial charge in [0.15, 0.2) is 5.78 Å². The van der Waals surface area contributed by atoms with Crippen LogP contribution in [0.3, 0.4) is 0 Å². The zero-order valence-electron chi connectivity index (χ0n) is 18.4. The number of rotatable bonds is 13. The molecule has 0 aromatic carbocycles. The van der Waals surface area contributed by atoms with Gasteiger partial charge in [-0.25, -0.2) is 0 Å². The summed E-state index contributed by atoms with van der Waals surface area (Å²) in [4.78, 5) is 10.8. The van der Waals surface area contributed by atoms with Gasteiger partial charge in [0.25, 0.3) is 0 Å². The molecule has 0 aliphatic heterocycles. The molecule has 0 fully saturated rings. The molecule has 0 radical (unpaired) electrons. The Balaban J connectivity index is 4.40. The lowest BCUT2D eigenvalue weighted by Gasteiger charge is -2.39. The molecule has 0 aromatic rings. The number of ketones is 1. The number of carbonyl (C=O) groups excluding carboxylic acids is 1. The first-order valence-electron chi connectivity index (χ1n) is 10.0. The predicted molar refractivity (Wildman–Crippen MR) is 117 cm³/mol.